The molecule has 2 rings (SSSR count). The van der Waals surface area contributed by atoms with Crippen LogP contribution in [0.1, 0.15) is 25.5 Å². The number of aromatic nitrogens is 3. The molecule has 0 bridgehead atoms. The molecule has 0 saturated heterocycles. The minimum Gasteiger partial charge on any atom is -0.372 e. The summed E-state index contributed by atoms with van der Waals surface area (Å²) in [5.41, 5.74) is 1.96. The van der Waals surface area contributed by atoms with Gasteiger partial charge in [-0.25, -0.2) is 9.67 Å². The van der Waals surface area contributed by atoms with Gasteiger partial charge in [-0.3, -0.25) is 4.79 Å². The summed E-state index contributed by atoms with van der Waals surface area (Å²) in [7, 11) is 0. The molecule has 1 heterocycles. The van der Waals surface area contributed by atoms with E-state index in [0.29, 0.717) is 6.61 Å². The van der Waals surface area contributed by atoms with Crippen molar-refractivity contribution < 1.29 is 9.53 Å². The Bertz CT molecular complexity index is 537. The summed E-state index contributed by atoms with van der Waals surface area (Å²) >= 11 is 0. The third kappa shape index (κ3) is 3.64. The van der Waals surface area contributed by atoms with Gasteiger partial charge in [0.25, 0.3) is 0 Å². The minimum atomic E-state index is -0.111. The SMILES string of the molecule is CCOCC(=O)NC(C)c1ccc(-n2cncn2)cc1. The number of rotatable bonds is 6. The summed E-state index contributed by atoms with van der Waals surface area (Å²) in [6.07, 6.45) is 3.13. The molecule has 0 aliphatic carbocycles. The van der Waals surface area contributed by atoms with Crippen LogP contribution in [0.5, 0.6) is 0 Å². The van der Waals surface area contributed by atoms with Crippen molar-refractivity contribution >= 4 is 5.91 Å². The van der Waals surface area contributed by atoms with E-state index < -0.39 is 0 Å². The summed E-state index contributed by atoms with van der Waals surface area (Å²) in [5, 5.41) is 6.95. The van der Waals surface area contributed by atoms with Gasteiger partial charge >= 0.3 is 0 Å². The largest absolute Gasteiger partial charge is 0.372 e. The van der Waals surface area contributed by atoms with Crippen LogP contribution < -0.4 is 5.32 Å². The van der Waals surface area contributed by atoms with Crippen LogP contribution in [-0.4, -0.2) is 33.9 Å². The monoisotopic (exact) mass is 274 g/mol. The molecule has 106 valence electrons. The lowest BCUT2D eigenvalue weighted by Gasteiger charge is -2.14. The van der Waals surface area contributed by atoms with Crippen LogP contribution in [0, 0.1) is 0 Å². The Labute approximate surface area is 117 Å². The van der Waals surface area contributed by atoms with Crippen molar-refractivity contribution in [2.75, 3.05) is 13.2 Å². The number of ether oxygens (including phenoxy) is 1. The highest BCUT2D eigenvalue weighted by atomic mass is 16.5. The molecule has 1 unspecified atom stereocenters. The summed E-state index contributed by atoms with van der Waals surface area (Å²) in [4.78, 5) is 15.5. The standard InChI is InChI=1S/C14H18N4O2/c1-3-20-8-14(19)17-11(2)12-4-6-13(7-5-12)18-10-15-9-16-18/h4-7,9-11H,3,8H2,1-2H3,(H,17,19). The number of nitrogens with one attached hydrogen (secondary N) is 1. The highest BCUT2D eigenvalue weighted by Crippen LogP contribution is 2.14. The summed E-state index contributed by atoms with van der Waals surface area (Å²) < 4.78 is 6.75. The topological polar surface area (TPSA) is 69.0 Å². The van der Waals surface area contributed by atoms with Crippen LogP contribution in [0.15, 0.2) is 36.9 Å². The van der Waals surface area contributed by atoms with E-state index in [9.17, 15) is 4.79 Å². The quantitative estimate of drug-likeness (QED) is 0.866. The molecule has 1 aromatic carbocycles. The molecular formula is C14H18N4O2. The highest BCUT2D eigenvalue weighted by molar-refractivity contribution is 5.77. The summed E-state index contributed by atoms with van der Waals surface area (Å²) in [5.74, 6) is -0.111. The molecule has 0 spiro atoms. The van der Waals surface area contributed by atoms with Crippen LogP contribution in [0.3, 0.4) is 0 Å². The smallest absolute Gasteiger partial charge is 0.246 e. The molecule has 6 nitrogen and oxygen atoms in total. The summed E-state index contributed by atoms with van der Waals surface area (Å²) in [6.45, 7) is 4.43. The number of benzene rings is 1. The number of nitrogens with zero attached hydrogens (tertiary/aromatic N) is 3. The molecule has 1 amide bonds. The van der Waals surface area contributed by atoms with E-state index in [-0.39, 0.29) is 18.6 Å². The van der Waals surface area contributed by atoms with Gasteiger partial charge < -0.3 is 10.1 Å². The Morgan fingerprint density at radius 1 is 1.40 bits per heavy atom. The van der Waals surface area contributed by atoms with E-state index in [2.05, 4.69) is 15.4 Å². The maximum absolute atomic E-state index is 11.6. The molecule has 0 radical (unpaired) electrons. The second kappa shape index (κ2) is 6.81. The number of carbonyl (C=O) groups is 1. The molecule has 0 fully saturated rings. The van der Waals surface area contributed by atoms with Crippen LogP contribution in [0.4, 0.5) is 0 Å². The first-order valence-corrected chi connectivity index (χ1v) is 6.52. The maximum atomic E-state index is 11.6. The second-order valence-electron chi connectivity index (χ2n) is 4.36. The third-order valence-corrected chi connectivity index (χ3v) is 2.89. The first kappa shape index (κ1) is 14.2. The Morgan fingerprint density at radius 2 is 2.15 bits per heavy atom. The van der Waals surface area contributed by atoms with Crippen LogP contribution in [-0.2, 0) is 9.53 Å². The van der Waals surface area contributed by atoms with Crippen LogP contribution >= 0.6 is 0 Å². The molecule has 1 N–H and O–H groups in total. The van der Waals surface area contributed by atoms with Gasteiger partial charge in [-0.2, -0.15) is 5.10 Å². The van der Waals surface area contributed by atoms with Crippen molar-refractivity contribution in [3.05, 3.63) is 42.5 Å². The summed E-state index contributed by atoms with van der Waals surface area (Å²) in [6, 6.07) is 7.74. The normalized spacial score (nSPS) is 12.1. The predicted octanol–water partition coefficient (Wildman–Crippen LogP) is 1.48. The molecular weight excluding hydrogens is 256 g/mol. The maximum Gasteiger partial charge on any atom is 0.246 e. The van der Waals surface area contributed by atoms with Gasteiger partial charge in [0.05, 0.1) is 11.7 Å². The molecule has 0 aliphatic heterocycles. The van der Waals surface area contributed by atoms with Gasteiger partial charge in [-0.15, -0.1) is 0 Å². The zero-order valence-corrected chi connectivity index (χ0v) is 11.6. The molecule has 0 saturated carbocycles. The average molecular weight is 274 g/mol. The molecule has 1 aromatic heterocycles. The number of hydrogen-bond donors (Lipinski definition) is 1. The Morgan fingerprint density at radius 3 is 2.75 bits per heavy atom. The second-order valence-corrected chi connectivity index (χ2v) is 4.36. The fourth-order valence-corrected chi connectivity index (χ4v) is 1.82. The highest BCUT2D eigenvalue weighted by Gasteiger charge is 2.09. The van der Waals surface area contributed by atoms with Crippen LogP contribution in [0.2, 0.25) is 0 Å². The van der Waals surface area contributed by atoms with Crippen molar-refractivity contribution in [2.45, 2.75) is 19.9 Å². The van der Waals surface area contributed by atoms with Crippen LogP contribution in [0.25, 0.3) is 5.69 Å². The Hall–Kier alpha value is -2.21. The van der Waals surface area contributed by atoms with Gasteiger partial charge in [-0.1, -0.05) is 12.1 Å². The molecule has 0 aliphatic rings. The lowest BCUT2D eigenvalue weighted by atomic mass is 10.1. The van der Waals surface area contributed by atoms with E-state index in [0.717, 1.165) is 11.3 Å². The number of amides is 1. The minimum absolute atomic E-state index is 0.0623. The van der Waals surface area contributed by atoms with Gasteiger partial charge in [0.15, 0.2) is 0 Å². The van der Waals surface area contributed by atoms with Gasteiger partial charge in [0, 0.05) is 6.61 Å². The van der Waals surface area contributed by atoms with E-state index >= 15 is 0 Å². The number of carbonyl (C=O) groups excluding carboxylic acids is 1. The van der Waals surface area contributed by atoms with Gasteiger partial charge in [-0.05, 0) is 31.5 Å². The van der Waals surface area contributed by atoms with Crippen molar-refractivity contribution in [2.24, 2.45) is 0 Å². The van der Waals surface area contributed by atoms with Crippen molar-refractivity contribution in [1.82, 2.24) is 20.1 Å². The van der Waals surface area contributed by atoms with Gasteiger partial charge in [0.1, 0.15) is 19.3 Å². The van der Waals surface area contributed by atoms with E-state index in [1.807, 2.05) is 38.1 Å². The fraction of sp³-hybridized carbons (Fsp3) is 0.357. The number of hydrogen-bond acceptors (Lipinski definition) is 4. The van der Waals surface area contributed by atoms with Gasteiger partial charge in [0.2, 0.25) is 5.91 Å². The predicted molar refractivity (Wildman–Crippen MR) is 74.4 cm³/mol. The van der Waals surface area contributed by atoms with Crippen molar-refractivity contribution in [3.8, 4) is 5.69 Å². The molecule has 6 heteroatoms. The molecule has 1 atom stereocenters. The van der Waals surface area contributed by atoms with E-state index in [1.54, 1.807) is 11.0 Å². The van der Waals surface area contributed by atoms with E-state index in [1.165, 1.54) is 6.33 Å². The third-order valence-electron chi connectivity index (χ3n) is 2.89. The van der Waals surface area contributed by atoms with E-state index in [4.69, 9.17) is 4.74 Å². The zero-order chi connectivity index (χ0) is 14.4. The first-order valence-electron chi connectivity index (χ1n) is 6.52. The lowest BCUT2D eigenvalue weighted by molar-refractivity contribution is -0.126. The zero-order valence-electron chi connectivity index (χ0n) is 11.6. The van der Waals surface area contributed by atoms with Crippen molar-refractivity contribution in [3.63, 3.8) is 0 Å². The lowest BCUT2D eigenvalue weighted by Crippen LogP contribution is -2.30. The Balaban J connectivity index is 1.97. The van der Waals surface area contributed by atoms with Crippen molar-refractivity contribution in [1.29, 1.82) is 0 Å². The first-order chi connectivity index (χ1) is 9.70. The fourth-order valence-electron chi connectivity index (χ4n) is 1.82. The molecule has 20 heavy (non-hydrogen) atoms. The average Bonchev–Trinajstić information content (AvgIpc) is 2.99. The molecule has 2 aromatic rings. The Kier molecular flexibility index (Phi) is 4.84.